The Kier molecular flexibility index (Phi) is 5.51. The number of hydrogen-bond donors (Lipinski definition) is 2. The van der Waals surface area contributed by atoms with E-state index in [2.05, 4.69) is 5.32 Å². The molecule has 0 aliphatic carbocycles. The first kappa shape index (κ1) is 16.0. The fourth-order valence-corrected chi connectivity index (χ4v) is 1.67. The standard InChI is InChI=1S/C12H15F2N3O3/c1-2-7(6-15)3-11(18)16-12-9(14)4-8(13)5-10(12)17(19)20/h4-5,7H,2-3,6,15H2,1H3,(H,16,18). The van der Waals surface area contributed by atoms with E-state index in [9.17, 15) is 23.7 Å². The number of carbonyl (C=O) groups is 1. The summed E-state index contributed by atoms with van der Waals surface area (Å²) in [6.07, 6.45) is 0.666. The van der Waals surface area contributed by atoms with Crippen LogP contribution in [-0.4, -0.2) is 17.4 Å². The summed E-state index contributed by atoms with van der Waals surface area (Å²) in [6.45, 7) is 2.11. The summed E-state index contributed by atoms with van der Waals surface area (Å²) >= 11 is 0. The van der Waals surface area contributed by atoms with E-state index in [1.807, 2.05) is 6.92 Å². The number of nitrogens with zero attached hydrogens (tertiary/aromatic N) is 1. The Labute approximate surface area is 114 Å². The van der Waals surface area contributed by atoms with Gasteiger partial charge in [-0.25, -0.2) is 8.78 Å². The number of nitro benzene ring substituents is 1. The van der Waals surface area contributed by atoms with Crippen molar-refractivity contribution in [2.45, 2.75) is 19.8 Å². The van der Waals surface area contributed by atoms with Crippen molar-refractivity contribution in [1.29, 1.82) is 0 Å². The molecule has 20 heavy (non-hydrogen) atoms. The van der Waals surface area contributed by atoms with Crippen molar-refractivity contribution in [2.75, 3.05) is 11.9 Å². The Morgan fingerprint density at radius 2 is 2.15 bits per heavy atom. The van der Waals surface area contributed by atoms with E-state index < -0.39 is 33.8 Å². The average molecular weight is 287 g/mol. The zero-order valence-corrected chi connectivity index (χ0v) is 10.9. The first-order chi connectivity index (χ1) is 9.38. The van der Waals surface area contributed by atoms with Gasteiger partial charge in [0, 0.05) is 12.5 Å². The highest BCUT2D eigenvalue weighted by atomic mass is 19.1. The highest BCUT2D eigenvalue weighted by molar-refractivity contribution is 5.93. The van der Waals surface area contributed by atoms with E-state index >= 15 is 0 Å². The van der Waals surface area contributed by atoms with Crippen LogP contribution < -0.4 is 11.1 Å². The van der Waals surface area contributed by atoms with Crippen LogP contribution in [0.5, 0.6) is 0 Å². The number of hydrogen-bond acceptors (Lipinski definition) is 4. The summed E-state index contributed by atoms with van der Waals surface area (Å²) in [7, 11) is 0. The third-order valence-corrected chi connectivity index (χ3v) is 2.88. The Morgan fingerprint density at radius 1 is 1.50 bits per heavy atom. The molecule has 6 nitrogen and oxygen atoms in total. The van der Waals surface area contributed by atoms with E-state index in [0.717, 1.165) is 0 Å². The molecule has 1 unspecified atom stereocenters. The molecule has 0 saturated heterocycles. The SMILES string of the molecule is CCC(CN)CC(=O)Nc1c(F)cc(F)cc1[N+](=O)[O-]. The number of rotatable bonds is 6. The van der Waals surface area contributed by atoms with Gasteiger partial charge in [0.15, 0.2) is 11.5 Å². The van der Waals surface area contributed by atoms with Crippen LogP contribution in [0.4, 0.5) is 20.2 Å². The molecule has 0 bridgehead atoms. The van der Waals surface area contributed by atoms with Crippen LogP contribution >= 0.6 is 0 Å². The van der Waals surface area contributed by atoms with Gasteiger partial charge < -0.3 is 11.1 Å². The lowest BCUT2D eigenvalue weighted by Gasteiger charge is -2.12. The van der Waals surface area contributed by atoms with Gasteiger partial charge in [-0.1, -0.05) is 13.3 Å². The van der Waals surface area contributed by atoms with Crippen molar-refractivity contribution in [3.05, 3.63) is 33.9 Å². The van der Waals surface area contributed by atoms with E-state index in [-0.39, 0.29) is 18.9 Å². The highest BCUT2D eigenvalue weighted by Gasteiger charge is 2.23. The van der Waals surface area contributed by atoms with Gasteiger partial charge in [0.2, 0.25) is 5.91 Å². The van der Waals surface area contributed by atoms with Crippen LogP contribution in [0.25, 0.3) is 0 Å². The maximum atomic E-state index is 13.5. The quantitative estimate of drug-likeness (QED) is 0.619. The van der Waals surface area contributed by atoms with Crippen molar-refractivity contribution in [2.24, 2.45) is 11.7 Å². The first-order valence-electron chi connectivity index (χ1n) is 6.02. The third-order valence-electron chi connectivity index (χ3n) is 2.88. The number of benzene rings is 1. The fraction of sp³-hybridized carbons (Fsp3) is 0.417. The smallest absolute Gasteiger partial charge is 0.298 e. The molecule has 0 fully saturated rings. The number of carbonyl (C=O) groups excluding carboxylic acids is 1. The number of nitrogens with one attached hydrogen (secondary N) is 1. The summed E-state index contributed by atoms with van der Waals surface area (Å²) in [4.78, 5) is 21.5. The summed E-state index contributed by atoms with van der Waals surface area (Å²) in [6, 6.07) is 1.03. The normalized spacial score (nSPS) is 12.0. The van der Waals surface area contributed by atoms with Crippen LogP contribution in [0.3, 0.4) is 0 Å². The number of amides is 1. The minimum absolute atomic E-state index is 0.0149. The molecule has 8 heteroatoms. The molecule has 0 radical (unpaired) electrons. The second kappa shape index (κ2) is 6.90. The molecule has 1 rings (SSSR count). The molecular formula is C12H15F2N3O3. The second-order valence-electron chi connectivity index (χ2n) is 4.30. The summed E-state index contributed by atoms with van der Waals surface area (Å²) < 4.78 is 26.5. The van der Waals surface area contributed by atoms with Crippen LogP contribution in [0.1, 0.15) is 19.8 Å². The van der Waals surface area contributed by atoms with Crippen molar-refractivity contribution in [3.8, 4) is 0 Å². The first-order valence-corrected chi connectivity index (χ1v) is 6.02. The van der Waals surface area contributed by atoms with Crippen molar-refractivity contribution >= 4 is 17.3 Å². The van der Waals surface area contributed by atoms with Crippen molar-refractivity contribution in [3.63, 3.8) is 0 Å². The third kappa shape index (κ3) is 3.95. The Balaban J connectivity index is 2.97. The van der Waals surface area contributed by atoms with Gasteiger partial charge in [-0.05, 0) is 12.5 Å². The number of anilines is 1. The molecular weight excluding hydrogens is 272 g/mol. The van der Waals surface area contributed by atoms with Gasteiger partial charge in [0.1, 0.15) is 5.82 Å². The van der Waals surface area contributed by atoms with Crippen molar-refractivity contribution < 1.29 is 18.5 Å². The van der Waals surface area contributed by atoms with E-state index in [4.69, 9.17) is 5.73 Å². The molecule has 0 aromatic heterocycles. The molecule has 0 aliphatic rings. The van der Waals surface area contributed by atoms with Gasteiger partial charge in [-0.2, -0.15) is 0 Å². The maximum Gasteiger partial charge on any atom is 0.298 e. The van der Waals surface area contributed by atoms with E-state index in [1.54, 1.807) is 0 Å². The van der Waals surface area contributed by atoms with Gasteiger partial charge in [-0.15, -0.1) is 0 Å². The molecule has 1 amide bonds. The zero-order chi connectivity index (χ0) is 15.3. The van der Waals surface area contributed by atoms with Crippen LogP contribution in [-0.2, 0) is 4.79 Å². The molecule has 1 atom stereocenters. The number of nitrogens with two attached hydrogens (primary N) is 1. The van der Waals surface area contributed by atoms with Gasteiger partial charge in [0.25, 0.3) is 5.69 Å². The predicted octanol–water partition coefficient (Wildman–Crippen LogP) is 2.19. The van der Waals surface area contributed by atoms with E-state index in [1.165, 1.54) is 0 Å². The zero-order valence-electron chi connectivity index (χ0n) is 10.9. The van der Waals surface area contributed by atoms with Crippen molar-refractivity contribution in [1.82, 2.24) is 0 Å². The Bertz CT molecular complexity index is 519. The lowest BCUT2D eigenvalue weighted by molar-refractivity contribution is -0.384. The molecule has 3 N–H and O–H groups in total. The number of nitro groups is 1. The van der Waals surface area contributed by atoms with E-state index in [0.29, 0.717) is 18.6 Å². The molecule has 0 aliphatic heterocycles. The largest absolute Gasteiger partial charge is 0.330 e. The molecule has 1 aromatic carbocycles. The van der Waals surface area contributed by atoms with Crippen LogP contribution in [0.2, 0.25) is 0 Å². The molecule has 0 saturated carbocycles. The maximum absolute atomic E-state index is 13.5. The lowest BCUT2D eigenvalue weighted by atomic mass is 10.0. The number of halogens is 2. The fourth-order valence-electron chi connectivity index (χ4n) is 1.67. The van der Waals surface area contributed by atoms with Crippen LogP contribution in [0, 0.1) is 27.7 Å². The lowest BCUT2D eigenvalue weighted by Crippen LogP contribution is -2.22. The second-order valence-corrected chi connectivity index (χ2v) is 4.30. The molecule has 0 heterocycles. The van der Waals surface area contributed by atoms with Gasteiger partial charge in [-0.3, -0.25) is 14.9 Å². The monoisotopic (exact) mass is 287 g/mol. The minimum atomic E-state index is -1.19. The predicted molar refractivity (Wildman–Crippen MR) is 69.1 cm³/mol. The molecule has 1 aromatic rings. The average Bonchev–Trinajstić information content (AvgIpc) is 2.38. The van der Waals surface area contributed by atoms with Gasteiger partial charge >= 0.3 is 0 Å². The summed E-state index contributed by atoms with van der Waals surface area (Å²) in [5.41, 5.74) is 3.99. The Morgan fingerprint density at radius 3 is 2.65 bits per heavy atom. The highest BCUT2D eigenvalue weighted by Crippen LogP contribution is 2.29. The summed E-state index contributed by atoms with van der Waals surface area (Å²) in [5.74, 6) is -2.97. The molecule has 0 spiro atoms. The van der Waals surface area contributed by atoms with Crippen LogP contribution in [0.15, 0.2) is 12.1 Å². The topological polar surface area (TPSA) is 98.3 Å². The minimum Gasteiger partial charge on any atom is -0.330 e. The Hall–Kier alpha value is -2.09. The summed E-state index contributed by atoms with van der Waals surface area (Å²) in [5, 5.41) is 12.9. The molecule has 110 valence electrons. The van der Waals surface area contributed by atoms with Gasteiger partial charge in [0.05, 0.1) is 11.0 Å².